The van der Waals surface area contributed by atoms with Crippen molar-refractivity contribution in [3.63, 3.8) is 0 Å². The van der Waals surface area contributed by atoms with Crippen LogP contribution in [0.3, 0.4) is 0 Å². The lowest BCUT2D eigenvalue weighted by Crippen LogP contribution is -2.33. The Balaban J connectivity index is 1.13. The van der Waals surface area contributed by atoms with E-state index >= 15 is 0 Å². The Kier molecular flexibility index (Phi) is 6.35. The van der Waals surface area contributed by atoms with Crippen LogP contribution in [0.2, 0.25) is 0 Å². The first kappa shape index (κ1) is 26.7. The van der Waals surface area contributed by atoms with Gasteiger partial charge in [-0.25, -0.2) is 9.97 Å². The van der Waals surface area contributed by atoms with Crippen molar-refractivity contribution in [2.75, 3.05) is 0 Å². The molecule has 2 aromatic heterocycles. The van der Waals surface area contributed by atoms with Crippen molar-refractivity contribution in [3.8, 4) is 33.6 Å². The fourth-order valence-electron chi connectivity index (χ4n) is 7.64. The van der Waals surface area contributed by atoms with Crippen molar-refractivity contribution >= 4 is 33.6 Å². The summed E-state index contributed by atoms with van der Waals surface area (Å²) in [7, 11) is 0. The predicted molar refractivity (Wildman–Crippen MR) is 188 cm³/mol. The van der Waals surface area contributed by atoms with Crippen molar-refractivity contribution in [3.05, 3.63) is 145 Å². The third-order valence-electron chi connectivity index (χ3n) is 9.91. The van der Waals surface area contributed by atoms with Crippen molar-refractivity contribution in [2.24, 2.45) is 0 Å². The average molecular weight is 597 g/mol. The molecular weight excluding hydrogens is 565 g/mol. The third kappa shape index (κ3) is 4.49. The van der Waals surface area contributed by atoms with Crippen LogP contribution in [0.15, 0.2) is 143 Å². The molecule has 1 saturated carbocycles. The maximum atomic E-state index is 5.24. The van der Waals surface area contributed by atoms with Gasteiger partial charge in [0.1, 0.15) is 0 Å². The van der Waals surface area contributed by atoms with Crippen molar-refractivity contribution in [1.82, 2.24) is 9.97 Å². The summed E-state index contributed by atoms with van der Waals surface area (Å²) in [6.07, 6.45) is 6.39. The van der Waals surface area contributed by atoms with Crippen LogP contribution >= 0.6 is 11.8 Å². The van der Waals surface area contributed by atoms with Gasteiger partial charge >= 0.3 is 0 Å². The summed E-state index contributed by atoms with van der Waals surface area (Å²) in [5.74, 6) is 0. The molecule has 0 amide bonds. The van der Waals surface area contributed by atoms with Gasteiger partial charge in [0.25, 0.3) is 0 Å². The number of benzene rings is 5. The normalized spacial score (nSPS) is 15.2. The minimum Gasteiger partial charge on any atom is -0.245 e. The van der Waals surface area contributed by atoms with Crippen LogP contribution < -0.4 is 0 Å². The summed E-state index contributed by atoms with van der Waals surface area (Å²) in [5, 5.41) is 2.20. The van der Waals surface area contributed by atoms with E-state index < -0.39 is 0 Å². The Labute approximate surface area is 268 Å². The van der Waals surface area contributed by atoms with Gasteiger partial charge in [-0.1, -0.05) is 128 Å². The first-order valence-corrected chi connectivity index (χ1v) is 16.9. The Bertz CT molecular complexity index is 2230. The summed E-state index contributed by atoms with van der Waals surface area (Å²) in [6.45, 7) is 0. The van der Waals surface area contributed by atoms with E-state index in [0.717, 1.165) is 44.3 Å². The Morgan fingerprint density at radius 1 is 0.444 bits per heavy atom. The number of hydrogen-bond donors (Lipinski definition) is 0. The number of rotatable bonds is 3. The Hall–Kier alpha value is -4.73. The van der Waals surface area contributed by atoms with Crippen molar-refractivity contribution < 1.29 is 0 Å². The molecule has 0 radical (unpaired) electrons. The van der Waals surface area contributed by atoms with Gasteiger partial charge in [-0.15, -0.1) is 0 Å². The molecule has 3 heteroatoms. The van der Waals surface area contributed by atoms with Gasteiger partial charge in [-0.2, -0.15) is 0 Å². The fourth-order valence-corrected chi connectivity index (χ4v) is 8.89. The SMILES string of the molecule is c1ccc(-c2ccc3ccc4ccc(-c5cccc(-c6ccc7c(c6)C6(CCCCC6)c6ccccc6S7)c5)nc4c3n2)cc1. The lowest BCUT2D eigenvalue weighted by Gasteiger charge is -2.43. The largest absolute Gasteiger partial charge is 0.245 e. The highest BCUT2D eigenvalue weighted by molar-refractivity contribution is 7.99. The zero-order valence-electron chi connectivity index (χ0n) is 25.0. The topological polar surface area (TPSA) is 25.8 Å². The third-order valence-corrected chi connectivity index (χ3v) is 11.1. The van der Waals surface area contributed by atoms with Crippen LogP contribution in [0, 0.1) is 0 Å². The van der Waals surface area contributed by atoms with Gasteiger partial charge in [0.2, 0.25) is 0 Å². The van der Waals surface area contributed by atoms with E-state index in [1.807, 2.05) is 17.8 Å². The smallest absolute Gasteiger partial charge is 0.0972 e. The Morgan fingerprint density at radius 3 is 1.82 bits per heavy atom. The number of nitrogens with zero attached hydrogens (tertiary/aromatic N) is 2. The van der Waals surface area contributed by atoms with Crippen molar-refractivity contribution in [1.29, 1.82) is 0 Å². The monoisotopic (exact) mass is 596 g/mol. The molecule has 0 saturated heterocycles. The maximum Gasteiger partial charge on any atom is 0.0972 e. The molecule has 45 heavy (non-hydrogen) atoms. The first-order valence-electron chi connectivity index (χ1n) is 16.0. The lowest BCUT2D eigenvalue weighted by atomic mass is 9.64. The first-order chi connectivity index (χ1) is 22.2. The summed E-state index contributed by atoms with van der Waals surface area (Å²) >= 11 is 1.94. The molecule has 0 bridgehead atoms. The van der Waals surface area contributed by atoms with Gasteiger partial charge in [-0.3, -0.25) is 0 Å². The standard InChI is InChI=1S/C42H32N2S/c1-3-10-28(11-4-1)36-21-18-29-16-17-30-19-22-37(44-41(30)40(29)43-36)33-13-9-12-31(26-33)32-20-23-39-35(27-32)42(24-7-2-8-25-42)34-14-5-6-15-38(34)45-39/h1,3-6,9-23,26-27H,2,7-8,24-25H2. The molecule has 216 valence electrons. The second kappa shape index (κ2) is 10.7. The van der Waals surface area contributed by atoms with Crippen LogP contribution in [0.5, 0.6) is 0 Å². The number of pyridine rings is 2. The van der Waals surface area contributed by atoms with Crippen LogP contribution in [-0.2, 0) is 5.41 Å². The van der Waals surface area contributed by atoms with Crippen molar-refractivity contribution in [2.45, 2.75) is 47.3 Å². The molecule has 0 unspecified atom stereocenters. The minimum absolute atomic E-state index is 0.121. The summed E-state index contributed by atoms with van der Waals surface area (Å²) in [6, 6.07) is 48.5. The van der Waals surface area contributed by atoms with Crippen LogP contribution in [-0.4, -0.2) is 9.97 Å². The summed E-state index contributed by atoms with van der Waals surface area (Å²) < 4.78 is 0. The number of fused-ring (bicyclic) bond motifs is 7. The van der Waals surface area contributed by atoms with E-state index in [1.165, 1.54) is 64.1 Å². The lowest BCUT2D eigenvalue weighted by molar-refractivity contribution is 0.335. The van der Waals surface area contributed by atoms with Crippen LogP contribution in [0.4, 0.5) is 0 Å². The molecule has 1 aliphatic heterocycles. The molecule has 2 nitrogen and oxygen atoms in total. The van der Waals surface area contributed by atoms with Gasteiger partial charge in [0.05, 0.1) is 22.4 Å². The molecule has 1 spiro atoms. The zero-order chi connectivity index (χ0) is 29.8. The van der Waals surface area contributed by atoms with Gasteiger partial charge in [-0.05, 0) is 71.5 Å². The van der Waals surface area contributed by atoms with E-state index in [4.69, 9.17) is 9.97 Å². The highest BCUT2D eigenvalue weighted by atomic mass is 32.2. The van der Waals surface area contributed by atoms with Gasteiger partial charge < -0.3 is 0 Å². The highest BCUT2D eigenvalue weighted by Crippen LogP contribution is 2.55. The summed E-state index contributed by atoms with van der Waals surface area (Å²) in [5.41, 5.74) is 11.7. The minimum atomic E-state index is 0.121. The molecular formula is C42H32N2S. The van der Waals surface area contributed by atoms with E-state index in [9.17, 15) is 0 Å². The molecule has 2 aliphatic rings. The molecule has 0 N–H and O–H groups in total. The Morgan fingerprint density at radius 2 is 1.04 bits per heavy atom. The molecule has 1 fully saturated rings. The molecule has 0 atom stereocenters. The van der Waals surface area contributed by atoms with E-state index in [-0.39, 0.29) is 5.41 Å². The number of aromatic nitrogens is 2. The summed E-state index contributed by atoms with van der Waals surface area (Å²) in [4.78, 5) is 13.2. The van der Waals surface area contributed by atoms with E-state index in [0.29, 0.717) is 0 Å². The molecule has 7 aromatic rings. The molecule has 3 heterocycles. The predicted octanol–water partition coefficient (Wildman–Crippen LogP) is 11.5. The highest BCUT2D eigenvalue weighted by Gasteiger charge is 2.41. The van der Waals surface area contributed by atoms with Gasteiger partial charge in [0.15, 0.2) is 0 Å². The molecule has 1 aliphatic carbocycles. The van der Waals surface area contributed by atoms with Crippen LogP contribution in [0.1, 0.15) is 43.2 Å². The molecule has 5 aromatic carbocycles. The molecule has 9 rings (SSSR count). The average Bonchev–Trinajstić information content (AvgIpc) is 3.12. The van der Waals surface area contributed by atoms with Crippen LogP contribution in [0.25, 0.3) is 55.4 Å². The van der Waals surface area contributed by atoms with E-state index in [2.05, 4.69) is 127 Å². The van der Waals surface area contributed by atoms with Gasteiger partial charge in [0, 0.05) is 37.1 Å². The second-order valence-corrected chi connectivity index (χ2v) is 13.6. The van der Waals surface area contributed by atoms with E-state index in [1.54, 1.807) is 0 Å². The zero-order valence-corrected chi connectivity index (χ0v) is 25.9. The fraction of sp³-hybridized carbons (Fsp3) is 0.143. The quantitative estimate of drug-likeness (QED) is 0.190. The second-order valence-electron chi connectivity index (χ2n) is 12.5. The number of hydrogen-bond acceptors (Lipinski definition) is 3. The maximum absolute atomic E-state index is 5.24.